The number of amides is 1. The van der Waals surface area contributed by atoms with Crippen molar-refractivity contribution in [3.05, 3.63) is 54.1 Å². The Morgan fingerprint density at radius 2 is 1.96 bits per heavy atom. The van der Waals surface area contributed by atoms with E-state index in [-0.39, 0.29) is 18.0 Å². The average molecular weight is 338 g/mol. The highest BCUT2D eigenvalue weighted by Crippen LogP contribution is 2.23. The lowest BCUT2D eigenvalue weighted by Crippen LogP contribution is -2.24. The van der Waals surface area contributed by atoms with Gasteiger partial charge in [0.05, 0.1) is 6.21 Å². The summed E-state index contributed by atoms with van der Waals surface area (Å²) in [7, 11) is 0. The Hall–Kier alpha value is -3.75. The maximum absolute atomic E-state index is 11.8. The van der Waals surface area contributed by atoms with Crippen LogP contribution in [-0.2, 0) is 11.3 Å². The predicted molar refractivity (Wildman–Crippen MR) is 88.8 cm³/mol. The molecule has 126 valence electrons. The molecule has 9 nitrogen and oxygen atoms in total. The molecule has 0 atom stereocenters. The number of tetrazole rings is 1. The van der Waals surface area contributed by atoms with E-state index in [4.69, 9.17) is 0 Å². The van der Waals surface area contributed by atoms with Crippen LogP contribution in [0.5, 0.6) is 11.5 Å². The lowest BCUT2D eigenvalue weighted by Gasteiger charge is -1.99. The van der Waals surface area contributed by atoms with Crippen molar-refractivity contribution in [2.45, 2.75) is 6.54 Å². The smallest absolute Gasteiger partial charge is 0.263 e. The largest absolute Gasteiger partial charge is 0.504 e. The van der Waals surface area contributed by atoms with Crippen molar-refractivity contribution >= 4 is 12.1 Å². The highest BCUT2D eigenvalue weighted by Gasteiger charge is 2.08. The van der Waals surface area contributed by atoms with Crippen molar-refractivity contribution in [3.8, 4) is 22.9 Å². The molecule has 3 N–H and O–H groups in total. The van der Waals surface area contributed by atoms with E-state index in [1.54, 1.807) is 0 Å². The number of phenols is 2. The Morgan fingerprint density at radius 3 is 2.72 bits per heavy atom. The molecule has 0 fully saturated rings. The second-order valence-corrected chi connectivity index (χ2v) is 5.05. The Balaban J connectivity index is 1.57. The van der Waals surface area contributed by atoms with Crippen molar-refractivity contribution < 1.29 is 15.0 Å². The molecule has 1 heterocycles. The Bertz CT molecular complexity index is 907. The summed E-state index contributed by atoms with van der Waals surface area (Å²) < 4.78 is 0. The van der Waals surface area contributed by atoms with Gasteiger partial charge in [-0.15, -0.1) is 10.2 Å². The number of aromatic nitrogens is 4. The van der Waals surface area contributed by atoms with Crippen LogP contribution in [0, 0.1) is 0 Å². The average Bonchev–Trinajstić information content (AvgIpc) is 3.07. The van der Waals surface area contributed by atoms with Crippen molar-refractivity contribution in [2.24, 2.45) is 5.10 Å². The van der Waals surface area contributed by atoms with Gasteiger partial charge in [0.15, 0.2) is 11.5 Å². The van der Waals surface area contributed by atoms with E-state index in [2.05, 4.69) is 25.9 Å². The minimum Gasteiger partial charge on any atom is -0.504 e. The van der Waals surface area contributed by atoms with E-state index < -0.39 is 5.91 Å². The summed E-state index contributed by atoms with van der Waals surface area (Å²) in [5.41, 5.74) is 3.64. The molecule has 0 spiro atoms. The fourth-order valence-corrected chi connectivity index (χ4v) is 1.98. The molecule has 0 bridgehead atoms. The number of phenolic OH excluding ortho intramolecular Hbond substituents is 2. The molecule has 3 aromatic rings. The number of nitrogens with zero attached hydrogens (tertiary/aromatic N) is 5. The van der Waals surface area contributed by atoms with Gasteiger partial charge in [-0.25, -0.2) is 5.43 Å². The zero-order valence-corrected chi connectivity index (χ0v) is 12.9. The molecule has 9 heteroatoms. The van der Waals surface area contributed by atoms with Crippen LogP contribution in [0.15, 0.2) is 53.6 Å². The van der Waals surface area contributed by atoms with Crippen LogP contribution in [-0.4, -0.2) is 42.5 Å². The van der Waals surface area contributed by atoms with E-state index in [0.29, 0.717) is 11.4 Å². The quantitative estimate of drug-likeness (QED) is 0.360. The molecular weight excluding hydrogens is 324 g/mol. The predicted octanol–water partition coefficient (Wildman–Crippen LogP) is 0.902. The number of aromatic hydroxyl groups is 2. The van der Waals surface area contributed by atoms with Crippen molar-refractivity contribution in [2.75, 3.05) is 0 Å². The maximum atomic E-state index is 11.8. The number of carbonyl (C=O) groups is 1. The summed E-state index contributed by atoms with van der Waals surface area (Å²) >= 11 is 0. The second-order valence-electron chi connectivity index (χ2n) is 5.05. The monoisotopic (exact) mass is 338 g/mol. The molecular formula is C16H14N6O3. The molecule has 0 unspecified atom stereocenters. The molecule has 0 aliphatic heterocycles. The number of hydrogen-bond donors (Lipinski definition) is 3. The van der Waals surface area contributed by atoms with Crippen LogP contribution in [0.4, 0.5) is 0 Å². The normalized spacial score (nSPS) is 10.9. The van der Waals surface area contributed by atoms with Gasteiger partial charge < -0.3 is 10.2 Å². The highest BCUT2D eigenvalue weighted by molar-refractivity contribution is 5.83. The van der Waals surface area contributed by atoms with Crippen LogP contribution < -0.4 is 5.43 Å². The third kappa shape index (κ3) is 4.16. The number of nitrogens with one attached hydrogen (secondary N) is 1. The topological polar surface area (TPSA) is 126 Å². The minimum absolute atomic E-state index is 0.141. The van der Waals surface area contributed by atoms with Gasteiger partial charge >= 0.3 is 0 Å². The summed E-state index contributed by atoms with van der Waals surface area (Å²) in [6.45, 7) is -0.141. The van der Waals surface area contributed by atoms with Gasteiger partial charge in [0, 0.05) is 5.56 Å². The van der Waals surface area contributed by atoms with Crippen molar-refractivity contribution in [3.63, 3.8) is 0 Å². The Morgan fingerprint density at radius 1 is 1.16 bits per heavy atom. The molecule has 25 heavy (non-hydrogen) atoms. The van der Waals surface area contributed by atoms with E-state index in [9.17, 15) is 15.0 Å². The second kappa shape index (κ2) is 7.21. The first-order valence-electron chi connectivity index (χ1n) is 7.29. The molecule has 2 aromatic carbocycles. The molecule has 1 amide bonds. The van der Waals surface area contributed by atoms with Gasteiger partial charge in [-0.3, -0.25) is 4.79 Å². The third-order valence-corrected chi connectivity index (χ3v) is 3.17. The van der Waals surface area contributed by atoms with Gasteiger partial charge in [0.2, 0.25) is 5.82 Å². The van der Waals surface area contributed by atoms with Crippen LogP contribution >= 0.6 is 0 Å². The summed E-state index contributed by atoms with van der Waals surface area (Å²) in [5, 5.41) is 34.2. The molecule has 0 radical (unpaired) electrons. The first kappa shape index (κ1) is 16.1. The summed E-state index contributed by atoms with van der Waals surface area (Å²) in [5.74, 6) is -0.504. The number of carbonyl (C=O) groups excluding carboxylic acids is 1. The maximum Gasteiger partial charge on any atom is 0.263 e. The standard InChI is InChI=1S/C16H14N6O3/c23-13-7-6-11(8-14(13)24)9-17-18-15(25)10-22-20-16(19-21-22)12-4-2-1-3-5-12/h1-9,23-24H,10H2,(H,18,25). The van der Waals surface area contributed by atoms with E-state index in [0.717, 1.165) is 5.56 Å². The number of benzene rings is 2. The van der Waals surface area contributed by atoms with Crippen LogP contribution in [0.25, 0.3) is 11.4 Å². The number of hydrogen-bond acceptors (Lipinski definition) is 7. The van der Waals surface area contributed by atoms with Gasteiger partial charge in [-0.1, -0.05) is 30.3 Å². The zero-order chi connectivity index (χ0) is 17.6. The Labute approximate surface area is 142 Å². The van der Waals surface area contributed by atoms with Gasteiger partial charge in [-0.2, -0.15) is 9.90 Å². The fourth-order valence-electron chi connectivity index (χ4n) is 1.98. The summed E-state index contributed by atoms with van der Waals surface area (Å²) in [6, 6.07) is 13.5. The van der Waals surface area contributed by atoms with Gasteiger partial charge in [0.25, 0.3) is 5.91 Å². The molecule has 0 saturated heterocycles. The summed E-state index contributed by atoms with van der Waals surface area (Å²) in [4.78, 5) is 13.0. The first-order valence-corrected chi connectivity index (χ1v) is 7.29. The Kier molecular flexibility index (Phi) is 4.65. The lowest BCUT2D eigenvalue weighted by atomic mass is 10.2. The summed E-state index contributed by atoms with van der Waals surface area (Å²) in [6.07, 6.45) is 1.33. The SMILES string of the molecule is O=C(Cn1nnc(-c2ccccc2)n1)NN=Cc1ccc(O)c(O)c1. The first-order chi connectivity index (χ1) is 12.1. The van der Waals surface area contributed by atoms with Crippen LogP contribution in [0.1, 0.15) is 5.56 Å². The lowest BCUT2D eigenvalue weighted by molar-refractivity contribution is -0.122. The number of hydrazone groups is 1. The number of rotatable bonds is 5. The van der Waals surface area contributed by atoms with Gasteiger partial charge in [0.1, 0.15) is 6.54 Å². The van der Waals surface area contributed by atoms with Crippen LogP contribution in [0.2, 0.25) is 0 Å². The van der Waals surface area contributed by atoms with Crippen molar-refractivity contribution in [1.29, 1.82) is 0 Å². The van der Waals surface area contributed by atoms with Crippen molar-refractivity contribution in [1.82, 2.24) is 25.6 Å². The molecule has 1 aromatic heterocycles. The molecule has 0 aliphatic rings. The van der Waals surface area contributed by atoms with Gasteiger partial charge in [-0.05, 0) is 29.0 Å². The molecule has 3 rings (SSSR count). The minimum atomic E-state index is -0.434. The molecule has 0 saturated carbocycles. The zero-order valence-electron chi connectivity index (χ0n) is 12.9. The third-order valence-electron chi connectivity index (χ3n) is 3.17. The van der Waals surface area contributed by atoms with E-state index >= 15 is 0 Å². The van der Waals surface area contributed by atoms with E-state index in [1.807, 2.05) is 30.3 Å². The van der Waals surface area contributed by atoms with E-state index in [1.165, 1.54) is 29.2 Å². The highest BCUT2D eigenvalue weighted by atomic mass is 16.3. The van der Waals surface area contributed by atoms with Crippen LogP contribution in [0.3, 0.4) is 0 Å². The fraction of sp³-hybridized carbons (Fsp3) is 0.0625. The molecule has 0 aliphatic carbocycles.